The second kappa shape index (κ2) is 2.52. The second-order valence-corrected chi connectivity index (χ2v) is 2.93. The summed E-state index contributed by atoms with van der Waals surface area (Å²) in [4.78, 5) is 0. The minimum Gasteiger partial charge on any atom is -0.459 e. The predicted octanol–water partition coefficient (Wildman–Crippen LogP) is 2.06. The van der Waals surface area contributed by atoms with Crippen LogP contribution in [0.25, 0.3) is 0 Å². The molecule has 10 heavy (non-hydrogen) atoms. The summed E-state index contributed by atoms with van der Waals surface area (Å²) in [5, 5.41) is 0. The maximum absolute atomic E-state index is 5.39. The molecule has 0 aliphatic carbocycles. The van der Waals surface area contributed by atoms with Crippen molar-refractivity contribution in [3.63, 3.8) is 0 Å². The van der Waals surface area contributed by atoms with Crippen molar-refractivity contribution < 1.29 is 9.47 Å². The van der Waals surface area contributed by atoms with Crippen molar-refractivity contribution in [1.82, 2.24) is 0 Å². The Balaban J connectivity index is 2.66. The van der Waals surface area contributed by atoms with Gasteiger partial charge in [0.25, 0.3) is 5.95 Å². The summed E-state index contributed by atoms with van der Waals surface area (Å²) in [5.74, 6) is 0.708. The highest BCUT2D eigenvalue weighted by atomic mass is 16.7. The molecule has 58 valence electrons. The number of hydrogen-bond donors (Lipinski definition) is 0. The highest BCUT2D eigenvalue weighted by Gasteiger charge is 2.26. The molecular weight excluding hydrogens is 128 g/mol. The van der Waals surface area contributed by atoms with E-state index in [1.165, 1.54) is 0 Å². The molecule has 0 radical (unpaired) electrons. The van der Waals surface area contributed by atoms with Gasteiger partial charge in [-0.3, -0.25) is 0 Å². The molecule has 0 spiro atoms. The average molecular weight is 142 g/mol. The number of hydrogen-bond acceptors (Lipinski definition) is 2. The lowest BCUT2D eigenvalue weighted by atomic mass is 10.3. The molecule has 0 aromatic heterocycles. The smallest absolute Gasteiger partial charge is 0.278 e. The molecule has 1 aliphatic heterocycles. The van der Waals surface area contributed by atoms with Gasteiger partial charge in [-0.2, -0.15) is 0 Å². The Morgan fingerprint density at radius 2 is 1.50 bits per heavy atom. The number of allylic oxidation sites excluding steroid dienone is 1. The van der Waals surface area contributed by atoms with Gasteiger partial charge in [0.15, 0.2) is 0 Å². The zero-order valence-electron chi connectivity index (χ0n) is 6.97. The molecule has 0 aromatic carbocycles. The molecule has 1 fully saturated rings. The molecule has 1 aliphatic rings. The minimum atomic E-state index is 0.199. The third-order valence-electron chi connectivity index (χ3n) is 1.66. The SMILES string of the molecule is CC(C)=C1OC(C)C(C)O1. The van der Waals surface area contributed by atoms with Crippen molar-refractivity contribution in [2.45, 2.75) is 39.9 Å². The van der Waals surface area contributed by atoms with E-state index in [1.54, 1.807) is 0 Å². The van der Waals surface area contributed by atoms with Gasteiger partial charge in [-0.15, -0.1) is 0 Å². The van der Waals surface area contributed by atoms with Gasteiger partial charge in [-0.1, -0.05) is 0 Å². The fraction of sp³-hybridized carbons (Fsp3) is 0.750. The molecule has 0 aromatic rings. The first-order chi connectivity index (χ1) is 4.61. The minimum absolute atomic E-state index is 0.199. The molecular formula is C8H14O2. The van der Waals surface area contributed by atoms with Crippen molar-refractivity contribution in [1.29, 1.82) is 0 Å². The second-order valence-electron chi connectivity index (χ2n) is 2.93. The van der Waals surface area contributed by atoms with E-state index >= 15 is 0 Å². The van der Waals surface area contributed by atoms with Crippen LogP contribution in [-0.4, -0.2) is 12.2 Å². The molecule has 2 atom stereocenters. The highest BCUT2D eigenvalue weighted by molar-refractivity contribution is 4.99. The maximum atomic E-state index is 5.39. The number of rotatable bonds is 0. The van der Waals surface area contributed by atoms with E-state index in [0.29, 0.717) is 5.95 Å². The van der Waals surface area contributed by atoms with Gasteiger partial charge in [0.2, 0.25) is 0 Å². The van der Waals surface area contributed by atoms with Gasteiger partial charge in [0, 0.05) is 5.57 Å². The first-order valence-electron chi connectivity index (χ1n) is 3.62. The van der Waals surface area contributed by atoms with Crippen molar-refractivity contribution in [2.24, 2.45) is 0 Å². The standard InChI is InChI=1S/C8H14O2/c1-5(2)8-9-6(3)7(4)10-8/h6-7H,1-4H3. The third-order valence-corrected chi connectivity index (χ3v) is 1.66. The van der Waals surface area contributed by atoms with Crippen LogP contribution < -0.4 is 0 Å². The largest absolute Gasteiger partial charge is 0.459 e. The van der Waals surface area contributed by atoms with E-state index in [0.717, 1.165) is 5.57 Å². The molecule has 2 heteroatoms. The van der Waals surface area contributed by atoms with Crippen LogP contribution in [0.4, 0.5) is 0 Å². The normalized spacial score (nSPS) is 31.4. The van der Waals surface area contributed by atoms with E-state index in [-0.39, 0.29) is 12.2 Å². The van der Waals surface area contributed by atoms with Crippen LogP contribution in [0.1, 0.15) is 27.7 Å². The summed E-state index contributed by atoms with van der Waals surface area (Å²) in [6, 6.07) is 0. The lowest BCUT2D eigenvalue weighted by Gasteiger charge is -2.01. The molecule has 0 amide bonds. The lowest BCUT2D eigenvalue weighted by Crippen LogP contribution is -2.13. The maximum Gasteiger partial charge on any atom is 0.278 e. The van der Waals surface area contributed by atoms with E-state index < -0.39 is 0 Å². The van der Waals surface area contributed by atoms with Gasteiger partial charge in [0.05, 0.1) is 0 Å². The first-order valence-corrected chi connectivity index (χ1v) is 3.62. The fourth-order valence-corrected chi connectivity index (χ4v) is 0.793. The van der Waals surface area contributed by atoms with Crippen LogP contribution in [-0.2, 0) is 9.47 Å². The molecule has 1 saturated heterocycles. The zero-order valence-corrected chi connectivity index (χ0v) is 6.97. The zero-order chi connectivity index (χ0) is 7.72. The van der Waals surface area contributed by atoms with E-state index in [4.69, 9.17) is 9.47 Å². The van der Waals surface area contributed by atoms with Gasteiger partial charge in [-0.25, -0.2) is 0 Å². The number of ether oxygens (including phenoxy) is 2. The Morgan fingerprint density at radius 1 is 1.10 bits per heavy atom. The summed E-state index contributed by atoms with van der Waals surface area (Å²) in [6.07, 6.45) is 0.398. The fourth-order valence-electron chi connectivity index (χ4n) is 0.793. The Bertz CT molecular complexity index is 145. The summed E-state index contributed by atoms with van der Waals surface area (Å²) >= 11 is 0. The molecule has 0 saturated carbocycles. The summed E-state index contributed by atoms with van der Waals surface area (Å²) in [7, 11) is 0. The van der Waals surface area contributed by atoms with Crippen molar-refractivity contribution >= 4 is 0 Å². The summed E-state index contributed by atoms with van der Waals surface area (Å²) in [5.41, 5.74) is 1.11. The monoisotopic (exact) mass is 142 g/mol. The third kappa shape index (κ3) is 1.25. The predicted molar refractivity (Wildman–Crippen MR) is 39.5 cm³/mol. The van der Waals surface area contributed by atoms with E-state index in [1.807, 2.05) is 27.7 Å². The van der Waals surface area contributed by atoms with Crippen LogP contribution in [0.2, 0.25) is 0 Å². The van der Waals surface area contributed by atoms with Crippen LogP contribution in [0, 0.1) is 0 Å². The lowest BCUT2D eigenvalue weighted by molar-refractivity contribution is 0.140. The van der Waals surface area contributed by atoms with Gasteiger partial charge < -0.3 is 9.47 Å². The molecule has 1 rings (SSSR count). The first kappa shape index (κ1) is 7.45. The molecule has 2 nitrogen and oxygen atoms in total. The molecule has 0 bridgehead atoms. The Morgan fingerprint density at radius 3 is 1.70 bits per heavy atom. The van der Waals surface area contributed by atoms with Gasteiger partial charge in [0.1, 0.15) is 12.2 Å². The summed E-state index contributed by atoms with van der Waals surface area (Å²) < 4.78 is 10.8. The molecule has 2 unspecified atom stereocenters. The average Bonchev–Trinajstić information content (AvgIpc) is 2.13. The van der Waals surface area contributed by atoms with Crippen molar-refractivity contribution in [3.05, 3.63) is 11.5 Å². The van der Waals surface area contributed by atoms with E-state index in [9.17, 15) is 0 Å². The van der Waals surface area contributed by atoms with Gasteiger partial charge in [-0.05, 0) is 27.7 Å². The Kier molecular flexibility index (Phi) is 1.88. The van der Waals surface area contributed by atoms with Crippen LogP contribution in [0.5, 0.6) is 0 Å². The Labute approximate surface area is 61.8 Å². The molecule has 1 heterocycles. The van der Waals surface area contributed by atoms with Crippen molar-refractivity contribution in [3.8, 4) is 0 Å². The topological polar surface area (TPSA) is 18.5 Å². The van der Waals surface area contributed by atoms with E-state index in [2.05, 4.69) is 0 Å². The highest BCUT2D eigenvalue weighted by Crippen LogP contribution is 2.23. The van der Waals surface area contributed by atoms with Crippen molar-refractivity contribution in [2.75, 3.05) is 0 Å². The molecule has 0 N–H and O–H groups in total. The van der Waals surface area contributed by atoms with Crippen LogP contribution in [0.15, 0.2) is 11.5 Å². The quantitative estimate of drug-likeness (QED) is 0.515. The van der Waals surface area contributed by atoms with Crippen LogP contribution >= 0.6 is 0 Å². The van der Waals surface area contributed by atoms with Gasteiger partial charge >= 0.3 is 0 Å². The van der Waals surface area contributed by atoms with Crippen LogP contribution in [0.3, 0.4) is 0 Å². The summed E-state index contributed by atoms with van der Waals surface area (Å²) in [6.45, 7) is 8.00. The Hall–Kier alpha value is -0.660.